The Hall–Kier alpha value is -2.14. The fraction of sp³-hybridized carbons (Fsp3) is 0.333. The zero-order valence-electron chi connectivity index (χ0n) is 11.2. The number of nitrogens with zero attached hydrogens (tertiary/aromatic N) is 1. The molecule has 2 aromatic rings. The van der Waals surface area contributed by atoms with Crippen molar-refractivity contribution in [2.75, 3.05) is 31.2 Å². The number of rotatable bonds is 2. The third-order valence-electron chi connectivity index (χ3n) is 3.51. The number of carbonyl (C=O) groups excluding carboxylic acids is 1. The lowest BCUT2D eigenvalue weighted by Crippen LogP contribution is -2.37. The topological polar surface area (TPSA) is 59.8 Å². The Morgan fingerprint density at radius 3 is 2.70 bits per heavy atom. The second-order valence-corrected chi connectivity index (χ2v) is 4.87. The summed E-state index contributed by atoms with van der Waals surface area (Å²) in [5.74, 6) is 0. The molecule has 1 fully saturated rings. The van der Waals surface area contributed by atoms with Gasteiger partial charge in [-0.05, 0) is 19.1 Å². The van der Waals surface area contributed by atoms with E-state index in [0.717, 1.165) is 10.9 Å². The first kappa shape index (κ1) is 12.9. The van der Waals surface area contributed by atoms with Crippen LogP contribution in [0.15, 0.2) is 27.4 Å². The lowest BCUT2D eigenvalue weighted by molar-refractivity contribution is 0.111. The fourth-order valence-corrected chi connectivity index (χ4v) is 2.55. The van der Waals surface area contributed by atoms with Crippen molar-refractivity contribution < 1.29 is 13.9 Å². The van der Waals surface area contributed by atoms with Gasteiger partial charge in [0.25, 0.3) is 0 Å². The van der Waals surface area contributed by atoms with E-state index in [-0.39, 0.29) is 5.56 Å². The van der Waals surface area contributed by atoms with Crippen LogP contribution >= 0.6 is 0 Å². The quantitative estimate of drug-likeness (QED) is 0.616. The molecule has 0 spiro atoms. The molecule has 0 saturated carbocycles. The van der Waals surface area contributed by atoms with Crippen LogP contribution in [-0.4, -0.2) is 32.6 Å². The van der Waals surface area contributed by atoms with E-state index >= 15 is 0 Å². The molecule has 0 N–H and O–H groups in total. The molecule has 20 heavy (non-hydrogen) atoms. The lowest BCUT2D eigenvalue weighted by Gasteiger charge is -2.30. The molecule has 1 aromatic carbocycles. The molecule has 1 aliphatic rings. The van der Waals surface area contributed by atoms with Crippen molar-refractivity contribution in [2.24, 2.45) is 0 Å². The predicted molar refractivity (Wildman–Crippen MR) is 75.6 cm³/mol. The van der Waals surface area contributed by atoms with Gasteiger partial charge in [-0.25, -0.2) is 4.79 Å². The van der Waals surface area contributed by atoms with Crippen LogP contribution < -0.4 is 10.5 Å². The van der Waals surface area contributed by atoms with Crippen LogP contribution in [0.4, 0.5) is 5.69 Å². The van der Waals surface area contributed by atoms with Crippen molar-refractivity contribution in [2.45, 2.75) is 6.92 Å². The van der Waals surface area contributed by atoms with Gasteiger partial charge in [-0.1, -0.05) is 11.6 Å². The Balaban J connectivity index is 2.31. The molecule has 0 aliphatic carbocycles. The molecule has 0 bridgehead atoms. The average Bonchev–Trinajstić information content (AvgIpc) is 2.47. The summed E-state index contributed by atoms with van der Waals surface area (Å²) in [7, 11) is 0. The van der Waals surface area contributed by atoms with Crippen molar-refractivity contribution in [1.82, 2.24) is 0 Å². The summed E-state index contributed by atoms with van der Waals surface area (Å²) in [6.07, 6.45) is 0.582. The molecule has 5 heteroatoms. The van der Waals surface area contributed by atoms with Gasteiger partial charge < -0.3 is 14.1 Å². The van der Waals surface area contributed by atoms with Gasteiger partial charge in [0.1, 0.15) is 11.1 Å². The summed E-state index contributed by atoms with van der Waals surface area (Å²) in [5.41, 5.74) is 1.73. The molecule has 0 unspecified atom stereocenters. The van der Waals surface area contributed by atoms with Crippen molar-refractivity contribution >= 4 is 22.9 Å². The van der Waals surface area contributed by atoms with E-state index in [9.17, 15) is 9.59 Å². The summed E-state index contributed by atoms with van der Waals surface area (Å²) in [6.45, 7) is 4.46. The highest BCUT2D eigenvalue weighted by Gasteiger charge is 2.21. The Bertz CT molecular complexity index is 714. The average molecular weight is 273 g/mol. The number of anilines is 1. The van der Waals surface area contributed by atoms with E-state index in [0.29, 0.717) is 43.9 Å². The zero-order valence-corrected chi connectivity index (χ0v) is 11.2. The standard InChI is InChI=1S/C15H15NO4/c1-10-2-3-13-11(8-10)14(12(9-17)15(18)20-13)16-4-6-19-7-5-16/h2-3,8-9H,4-7H2,1H3. The normalized spacial score (nSPS) is 15.6. The monoisotopic (exact) mass is 273 g/mol. The van der Waals surface area contributed by atoms with Gasteiger partial charge in [0.15, 0.2) is 6.29 Å². The number of hydrogen-bond donors (Lipinski definition) is 0. The van der Waals surface area contributed by atoms with Crippen LogP contribution in [0.1, 0.15) is 15.9 Å². The minimum Gasteiger partial charge on any atom is -0.422 e. The summed E-state index contributed by atoms with van der Waals surface area (Å²) >= 11 is 0. The zero-order chi connectivity index (χ0) is 14.1. The summed E-state index contributed by atoms with van der Waals surface area (Å²) in [5, 5.41) is 0.800. The highest BCUT2D eigenvalue weighted by Crippen LogP contribution is 2.29. The molecule has 0 atom stereocenters. The first-order valence-corrected chi connectivity index (χ1v) is 6.56. The molecule has 5 nitrogen and oxygen atoms in total. The molecule has 2 heterocycles. The molecule has 0 radical (unpaired) electrons. The van der Waals surface area contributed by atoms with Gasteiger partial charge >= 0.3 is 5.63 Å². The summed E-state index contributed by atoms with van der Waals surface area (Å²) in [6, 6.07) is 5.59. The van der Waals surface area contributed by atoms with Crippen LogP contribution in [0.5, 0.6) is 0 Å². The van der Waals surface area contributed by atoms with Gasteiger partial charge in [0, 0.05) is 18.5 Å². The van der Waals surface area contributed by atoms with Crippen molar-refractivity contribution in [3.8, 4) is 0 Å². The summed E-state index contributed by atoms with van der Waals surface area (Å²) in [4.78, 5) is 25.3. The minimum atomic E-state index is -0.585. The highest BCUT2D eigenvalue weighted by molar-refractivity contribution is 5.99. The second kappa shape index (κ2) is 5.09. The number of aryl methyl sites for hydroxylation is 1. The Labute approximate surface area is 115 Å². The number of carbonyl (C=O) groups is 1. The van der Waals surface area contributed by atoms with Crippen LogP contribution in [0.3, 0.4) is 0 Å². The molecular formula is C15H15NO4. The van der Waals surface area contributed by atoms with E-state index < -0.39 is 5.63 Å². The van der Waals surface area contributed by atoms with Gasteiger partial charge in [-0.2, -0.15) is 0 Å². The van der Waals surface area contributed by atoms with Crippen LogP contribution in [0.2, 0.25) is 0 Å². The Kier molecular flexibility index (Phi) is 3.28. The number of hydrogen-bond acceptors (Lipinski definition) is 5. The molecule has 104 valence electrons. The highest BCUT2D eigenvalue weighted by atomic mass is 16.5. The Morgan fingerprint density at radius 2 is 2.00 bits per heavy atom. The molecule has 1 saturated heterocycles. The van der Waals surface area contributed by atoms with Gasteiger partial charge in [-0.15, -0.1) is 0 Å². The third kappa shape index (κ3) is 2.10. The molecule has 0 amide bonds. The minimum absolute atomic E-state index is 0.0880. The number of benzene rings is 1. The number of aldehydes is 1. The molecule has 1 aliphatic heterocycles. The smallest absolute Gasteiger partial charge is 0.349 e. The van der Waals surface area contributed by atoms with Gasteiger partial charge in [0.05, 0.1) is 18.9 Å². The maximum atomic E-state index is 12.0. The Morgan fingerprint density at radius 1 is 1.25 bits per heavy atom. The number of ether oxygens (including phenoxy) is 1. The van der Waals surface area contributed by atoms with Crippen LogP contribution in [0.25, 0.3) is 11.0 Å². The van der Waals surface area contributed by atoms with E-state index in [4.69, 9.17) is 9.15 Å². The molecule has 3 rings (SSSR count). The molecule has 1 aromatic heterocycles. The fourth-order valence-electron chi connectivity index (χ4n) is 2.55. The lowest BCUT2D eigenvalue weighted by atomic mass is 10.1. The van der Waals surface area contributed by atoms with Crippen LogP contribution in [0, 0.1) is 6.92 Å². The van der Waals surface area contributed by atoms with Crippen molar-refractivity contribution in [3.63, 3.8) is 0 Å². The van der Waals surface area contributed by atoms with E-state index in [2.05, 4.69) is 0 Å². The maximum Gasteiger partial charge on any atom is 0.349 e. The number of morpholine rings is 1. The van der Waals surface area contributed by atoms with Gasteiger partial charge in [0.2, 0.25) is 0 Å². The largest absolute Gasteiger partial charge is 0.422 e. The third-order valence-corrected chi connectivity index (χ3v) is 3.51. The van der Waals surface area contributed by atoms with Crippen LogP contribution in [-0.2, 0) is 4.74 Å². The second-order valence-electron chi connectivity index (χ2n) is 4.87. The van der Waals surface area contributed by atoms with E-state index in [1.807, 2.05) is 24.0 Å². The number of fused-ring (bicyclic) bond motifs is 1. The summed E-state index contributed by atoms with van der Waals surface area (Å²) < 4.78 is 10.6. The van der Waals surface area contributed by atoms with E-state index in [1.54, 1.807) is 6.07 Å². The van der Waals surface area contributed by atoms with Crippen molar-refractivity contribution in [1.29, 1.82) is 0 Å². The van der Waals surface area contributed by atoms with Gasteiger partial charge in [-0.3, -0.25) is 4.79 Å². The SMILES string of the molecule is Cc1ccc2oc(=O)c(C=O)c(N3CCOCC3)c2c1. The predicted octanol–water partition coefficient (Wildman–Crippen LogP) is 1.75. The maximum absolute atomic E-state index is 12.0. The molecular weight excluding hydrogens is 258 g/mol. The van der Waals surface area contributed by atoms with E-state index in [1.165, 1.54) is 0 Å². The first-order chi connectivity index (χ1) is 9.70. The first-order valence-electron chi connectivity index (χ1n) is 6.56. The van der Waals surface area contributed by atoms with Crippen molar-refractivity contribution in [3.05, 3.63) is 39.7 Å².